The summed E-state index contributed by atoms with van der Waals surface area (Å²) in [5, 5.41) is 9.57. The van der Waals surface area contributed by atoms with Gasteiger partial charge in [0, 0.05) is 0 Å². The average molecular weight is 251 g/mol. The highest BCUT2D eigenvalue weighted by molar-refractivity contribution is 6.34. The minimum absolute atomic E-state index is 0.0989. The first-order valence-corrected chi connectivity index (χ1v) is 5.41. The van der Waals surface area contributed by atoms with Crippen LogP contribution < -0.4 is 5.32 Å². The summed E-state index contributed by atoms with van der Waals surface area (Å²) in [4.78, 5) is 15.8. The molecule has 0 aliphatic carbocycles. The lowest BCUT2D eigenvalue weighted by atomic mass is 10.2. The van der Waals surface area contributed by atoms with E-state index in [-0.39, 0.29) is 11.7 Å². The first-order valence-electron chi connectivity index (χ1n) is 5.03. The van der Waals surface area contributed by atoms with Crippen LogP contribution in [0.15, 0.2) is 18.2 Å². The number of halogens is 1. The van der Waals surface area contributed by atoms with Gasteiger partial charge in [-0.3, -0.25) is 9.89 Å². The molecule has 88 valence electrons. The van der Waals surface area contributed by atoms with Crippen molar-refractivity contribution in [1.29, 1.82) is 0 Å². The predicted molar refractivity (Wildman–Crippen MR) is 65.3 cm³/mol. The Bertz CT molecular complexity index is 544. The summed E-state index contributed by atoms with van der Waals surface area (Å²) in [6.07, 6.45) is 0. The van der Waals surface area contributed by atoms with Crippen molar-refractivity contribution in [3.8, 4) is 0 Å². The summed E-state index contributed by atoms with van der Waals surface area (Å²) in [6.45, 7) is 3.59. The van der Waals surface area contributed by atoms with Gasteiger partial charge in [-0.15, -0.1) is 5.10 Å². The van der Waals surface area contributed by atoms with Crippen molar-refractivity contribution in [3.05, 3.63) is 40.4 Å². The van der Waals surface area contributed by atoms with Crippen molar-refractivity contribution in [2.24, 2.45) is 0 Å². The van der Waals surface area contributed by atoms with Crippen molar-refractivity contribution in [3.63, 3.8) is 0 Å². The molecule has 17 heavy (non-hydrogen) atoms. The summed E-state index contributed by atoms with van der Waals surface area (Å²) in [6, 6.07) is 5.41. The van der Waals surface area contributed by atoms with Crippen LogP contribution in [0.5, 0.6) is 0 Å². The molecule has 0 unspecified atom stereocenters. The summed E-state index contributed by atoms with van der Waals surface area (Å²) in [5.74, 6) is 0.304. The molecular formula is C11H11ClN4O. The molecule has 2 aromatic rings. The van der Waals surface area contributed by atoms with Gasteiger partial charge in [0.1, 0.15) is 5.82 Å². The minimum atomic E-state index is -0.384. The molecule has 0 aliphatic rings. The van der Waals surface area contributed by atoms with E-state index in [1.165, 1.54) is 0 Å². The maximum Gasteiger partial charge on any atom is 0.295 e. The van der Waals surface area contributed by atoms with Gasteiger partial charge in [0.05, 0.1) is 10.7 Å². The van der Waals surface area contributed by atoms with Gasteiger partial charge in [0.15, 0.2) is 0 Å². The first kappa shape index (κ1) is 11.6. The number of carbonyl (C=O) groups is 1. The van der Waals surface area contributed by atoms with E-state index in [1.54, 1.807) is 13.0 Å². The van der Waals surface area contributed by atoms with Crippen LogP contribution in [0.1, 0.15) is 22.0 Å². The summed E-state index contributed by atoms with van der Waals surface area (Å²) in [5.41, 5.74) is 1.47. The fraction of sp³-hybridized carbons (Fsp3) is 0.182. The number of para-hydroxylation sites is 1. The van der Waals surface area contributed by atoms with E-state index >= 15 is 0 Å². The number of benzene rings is 1. The first-order chi connectivity index (χ1) is 8.08. The van der Waals surface area contributed by atoms with E-state index in [1.807, 2.05) is 19.1 Å². The Labute approximate surface area is 103 Å². The smallest absolute Gasteiger partial charge is 0.295 e. The summed E-state index contributed by atoms with van der Waals surface area (Å²) < 4.78 is 0. The van der Waals surface area contributed by atoms with Gasteiger partial charge >= 0.3 is 0 Å². The number of carbonyl (C=O) groups excluding carboxylic acids is 1. The second-order valence-electron chi connectivity index (χ2n) is 3.63. The van der Waals surface area contributed by atoms with E-state index in [9.17, 15) is 4.79 Å². The molecule has 5 nitrogen and oxygen atoms in total. The van der Waals surface area contributed by atoms with Crippen molar-refractivity contribution in [2.75, 3.05) is 5.32 Å². The lowest BCUT2D eigenvalue weighted by Gasteiger charge is -2.08. The molecule has 0 spiro atoms. The zero-order valence-corrected chi connectivity index (χ0v) is 10.2. The lowest BCUT2D eigenvalue weighted by Crippen LogP contribution is -2.15. The maximum atomic E-state index is 11.8. The third kappa shape index (κ3) is 2.45. The lowest BCUT2D eigenvalue weighted by molar-refractivity contribution is 0.101. The number of nitrogens with zero attached hydrogens (tertiary/aromatic N) is 2. The number of amides is 1. The zero-order chi connectivity index (χ0) is 12.4. The fourth-order valence-corrected chi connectivity index (χ4v) is 1.67. The molecule has 1 aromatic heterocycles. The number of hydrogen-bond acceptors (Lipinski definition) is 3. The largest absolute Gasteiger partial charge is 0.318 e. The second kappa shape index (κ2) is 4.55. The molecule has 0 saturated heterocycles. The summed E-state index contributed by atoms with van der Waals surface area (Å²) >= 11 is 6.00. The number of aromatic nitrogens is 3. The highest BCUT2D eigenvalue weighted by Crippen LogP contribution is 2.25. The van der Waals surface area contributed by atoms with E-state index in [0.29, 0.717) is 16.5 Å². The molecule has 1 heterocycles. The Hall–Kier alpha value is -1.88. The normalized spacial score (nSPS) is 10.3. The molecule has 2 N–H and O–H groups in total. The Kier molecular flexibility index (Phi) is 3.10. The molecular weight excluding hydrogens is 240 g/mol. The molecule has 0 bridgehead atoms. The van der Waals surface area contributed by atoms with Gasteiger partial charge in [0.25, 0.3) is 5.91 Å². The van der Waals surface area contributed by atoms with Crippen LogP contribution in [0, 0.1) is 13.8 Å². The molecule has 6 heteroatoms. The van der Waals surface area contributed by atoms with Crippen LogP contribution in [-0.2, 0) is 0 Å². The topological polar surface area (TPSA) is 70.7 Å². The molecule has 0 atom stereocenters. The number of aromatic amines is 1. The molecule has 2 rings (SSSR count). The van der Waals surface area contributed by atoms with Crippen LogP contribution in [0.25, 0.3) is 0 Å². The summed E-state index contributed by atoms with van der Waals surface area (Å²) in [7, 11) is 0. The number of hydrogen-bond donors (Lipinski definition) is 2. The van der Waals surface area contributed by atoms with E-state index in [2.05, 4.69) is 20.5 Å². The third-order valence-corrected chi connectivity index (χ3v) is 2.58. The number of H-pyrrole nitrogens is 1. The second-order valence-corrected chi connectivity index (χ2v) is 4.04. The molecule has 0 saturated carbocycles. The maximum absolute atomic E-state index is 11.8. The zero-order valence-electron chi connectivity index (χ0n) is 9.41. The molecule has 1 aromatic carbocycles. The molecule has 1 amide bonds. The average Bonchev–Trinajstić information content (AvgIpc) is 2.70. The number of nitrogens with one attached hydrogen (secondary N) is 2. The van der Waals surface area contributed by atoms with Gasteiger partial charge in [-0.05, 0) is 25.5 Å². The Morgan fingerprint density at radius 1 is 1.41 bits per heavy atom. The standard InChI is InChI=1S/C11H11ClN4O/c1-6-4-3-5-8(12)9(6)14-11(17)10-13-7(2)15-16-10/h3-5H,1-2H3,(H,14,17)(H,13,15,16). The van der Waals surface area contributed by atoms with Gasteiger partial charge in [0.2, 0.25) is 5.82 Å². The third-order valence-electron chi connectivity index (χ3n) is 2.26. The van der Waals surface area contributed by atoms with Crippen LogP contribution in [-0.4, -0.2) is 21.1 Å². The van der Waals surface area contributed by atoms with Crippen LogP contribution in [0.3, 0.4) is 0 Å². The van der Waals surface area contributed by atoms with Crippen LogP contribution >= 0.6 is 11.6 Å². The molecule has 0 aliphatic heterocycles. The highest BCUT2D eigenvalue weighted by Gasteiger charge is 2.14. The highest BCUT2D eigenvalue weighted by atomic mass is 35.5. The SMILES string of the molecule is Cc1nc(C(=O)Nc2c(C)cccc2Cl)n[nH]1. The van der Waals surface area contributed by atoms with Crippen molar-refractivity contribution < 1.29 is 4.79 Å². The number of rotatable bonds is 2. The van der Waals surface area contributed by atoms with Crippen molar-refractivity contribution >= 4 is 23.2 Å². The Balaban J connectivity index is 2.24. The molecule has 0 radical (unpaired) electrons. The number of aryl methyl sites for hydroxylation is 2. The Morgan fingerprint density at radius 2 is 2.18 bits per heavy atom. The Morgan fingerprint density at radius 3 is 2.76 bits per heavy atom. The monoisotopic (exact) mass is 250 g/mol. The predicted octanol–water partition coefficient (Wildman–Crippen LogP) is 2.33. The van der Waals surface area contributed by atoms with Crippen LogP contribution in [0.2, 0.25) is 5.02 Å². The van der Waals surface area contributed by atoms with Crippen molar-refractivity contribution in [2.45, 2.75) is 13.8 Å². The van der Waals surface area contributed by atoms with Gasteiger partial charge < -0.3 is 5.32 Å². The van der Waals surface area contributed by atoms with E-state index in [4.69, 9.17) is 11.6 Å². The van der Waals surface area contributed by atoms with E-state index < -0.39 is 0 Å². The van der Waals surface area contributed by atoms with Gasteiger partial charge in [-0.25, -0.2) is 4.98 Å². The minimum Gasteiger partial charge on any atom is -0.318 e. The van der Waals surface area contributed by atoms with Gasteiger partial charge in [-0.2, -0.15) is 0 Å². The van der Waals surface area contributed by atoms with E-state index in [0.717, 1.165) is 5.56 Å². The van der Waals surface area contributed by atoms with Crippen LogP contribution in [0.4, 0.5) is 5.69 Å². The quantitative estimate of drug-likeness (QED) is 0.859. The van der Waals surface area contributed by atoms with Crippen molar-refractivity contribution in [1.82, 2.24) is 15.2 Å². The number of anilines is 1. The fourth-order valence-electron chi connectivity index (χ4n) is 1.40. The van der Waals surface area contributed by atoms with Gasteiger partial charge in [-0.1, -0.05) is 23.7 Å². The molecule has 0 fully saturated rings.